The molecule has 0 atom stereocenters. The highest BCUT2D eigenvalue weighted by molar-refractivity contribution is 5.85. The Kier molecular flexibility index (Phi) is 5.47. The molecule has 0 amide bonds. The topological polar surface area (TPSA) is 37.8 Å². The van der Waals surface area contributed by atoms with Crippen molar-refractivity contribution >= 4 is 12.4 Å². The molecule has 0 spiro atoms. The average Bonchev–Trinajstić information content (AvgIpc) is 2.63. The lowest BCUT2D eigenvalue weighted by Gasteiger charge is -2.20. The fourth-order valence-corrected chi connectivity index (χ4v) is 3.22. The first-order chi connectivity index (χ1) is 11.8. The number of fused-ring (bicyclic) bond motifs is 1. The summed E-state index contributed by atoms with van der Waals surface area (Å²) in [7, 11) is 0. The molecular weight excluding hydrogens is 330 g/mol. The van der Waals surface area contributed by atoms with Gasteiger partial charge in [-0.1, -0.05) is 60.2 Å². The number of rotatable bonds is 3. The van der Waals surface area contributed by atoms with Gasteiger partial charge >= 0.3 is 0 Å². The molecular formula is C21H22ClN3. The second-order valence-corrected chi connectivity index (χ2v) is 6.37. The third kappa shape index (κ3) is 3.89. The Morgan fingerprint density at radius 1 is 0.960 bits per heavy atom. The third-order valence-electron chi connectivity index (χ3n) is 4.51. The van der Waals surface area contributed by atoms with E-state index in [1.54, 1.807) is 0 Å². The fourth-order valence-electron chi connectivity index (χ4n) is 3.22. The van der Waals surface area contributed by atoms with E-state index in [4.69, 9.17) is 9.97 Å². The monoisotopic (exact) mass is 351 g/mol. The highest BCUT2D eigenvalue weighted by Gasteiger charge is 2.18. The Labute approximate surface area is 155 Å². The van der Waals surface area contributed by atoms with E-state index < -0.39 is 0 Å². The summed E-state index contributed by atoms with van der Waals surface area (Å²) in [5.41, 5.74) is 7.26. The SMILES string of the molecule is Cc1ccc(-c2nc(Cc3ccccc3)nc3c2CCNC3)cc1.Cl. The molecule has 3 aromatic rings. The Bertz CT molecular complexity index is 845. The molecule has 1 aromatic heterocycles. The zero-order valence-corrected chi connectivity index (χ0v) is 15.1. The summed E-state index contributed by atoms with van der Waals surface area (Å²) < 4.78 is 0. The van der Waals surface area contributed by atoms with Crippen molar-refractivity contribution in [3.8, 4) is 11.3 Å². The normalized spacial score (nSPS) is 13.0. The number of aromatic nitrogens is 2. The summed E-state index contributed by atoms with van der Waals surface area (Å²) in [6.45, 7) is 3.94. The van der Waals surface area contributed by atoms with Gasteiger partial charge < -0.3 is 5.32 Å². The van der Waals surface area contributed by atoms with Gasteiger partial charge in [-0.25, -0.2) is 9.97 Å². The van der Waals surface area contributed by atoms with E-state index in [9.17, 15) is 0 Å². The maximum Gasteiger partial charge on any atom is 0.133 e. The van der Waals surface area contributed by atoms with Crippen LogP contribution >= 0.6 is 12.4 Å². The molecule has 3 nitrogen and oxygen atoms in total. The molecule has 4 heteroatoms. The predicted molar refractivity (Wildman–Crippen MR) is 104 cm³/mol. The lowest BCUT2D eigenvalue weighted by atomic mass is 9.98. The summed E-state index contributed by atoms with van der Waals surface area (Å²) >= 11 is 0. The van der Waals surface area contributed by atoms with Crippen LogP contribution in [-0.4, -0.2) is 16.5 Å². The van der Waals surface area contributed by atoms with Gasteiger partial charge in [0.15, 0.2) is 0 Å². The average molecular weight is 352 g/mol. The molecule has 128 valence electrons. The second kappa shape index (κ2) is 7.77. The molecule has 1 N–H and O–H groups in total. The first-order valence-corrected chi connectivity index (χ1v) is 8.50. The van der Waals surface area contributed by atoms with Gasteiger partial charge in [0, 0.05) is 24.1 Å². The van der Waals surface area contributed by atoms with E-state index in [0.29, 0.717) is 0 Å². The minimum absolute atomic E-state index is 0. The van der Waals surface area contributed by atoms with E-state index in [1.807, 2.05) is 6.07 Å². The van der Waals surface area contributed by atoms with Crippen molar-refractivity contribution in [3.63, 3.8) is 0 Å². The highest BCUT2D eigenvalue weighted by atomic mass is 35.5. The van der Waals surface area contributed by atoms with Gasteiger partial charge in [-0.3, -0.25) is 0 Å². The van der Waals surface area contributed by atoms with Crippen LogP contribution in [0.4, 0.5) is 0 Å². The molecule has 0 saturated heterocycles. The van der Waals surface area contributed by atoms with Crippen LogP contribution in [-0.2, 0) is 19.4 Å². The zero-order chi connectivity index (χ0) is 16.4. The van der Waals surface area contributed by atoms with Gasteiger partial charge in [0.2, 0.25) is 0 Å². The summed E-state index contributed by atoms with van der Waals surface area (Å²) in [6, 6.07) is 19.1. The molecule has 0 radical (unpaired) electrons. The van der Waals surface area contributed by atoms with Crippen LogP contribution < -0.4 is 5.32 Å². The van der Waals surface area contributed by atoms with Crippen molar-refractivity contribution in [1.82, 2.24) is 15.3 Å². The standard InChI is InChI=1S/C21H21N3.ClH/c1-15-7-9-17(10-8-15)21-18-11-12-22-14-19(18)23-20(24-21)13-16-5-3-2-4-6-16;/h2-10,22H,11-14H2,1H3;1H. The summed E-state index contributed by atoms with van der Waals surface area (Å²) in [5.74, 6) is 0.902. The number of nitrogens with one attached hydrogen (secondary N) is 1. The first kappa shape index (κ1) is 17.6. The van der Waals surface area contributed by atoms with Crippen molar-refractivity contribution in [1.29, 1.82) is 0 Å². The van der Waals surface area contributed by atoms with Crippen LogP contribution in [0.15, 0.2) is 54.6 Å². The zero-order valence-electron chi connectivity index (χ0n) is 14.3. The molecule has 0 saturated carbocycles. The third-order valence-corrected chi connectivity index (χ3v) is 4.51. The van der Waals surface area contributed by atoms with Crippen molar-refractivity contribution in [2.75, 3.05) is 6.54 Å². The number of halogens is 1. The van der Waals surface area contributed by atoms with Gasteiger partial charge in [-0.05, 0) is 25.5 Å². The van der Waals surface area contributed by atoms with E-state index in [0.717, 1.165) is 43.1 Å². The predicted octanol–water partition coefficient (Wildman–Crippen LogP) is 4.11. The second-order valence-electron chi connectivity index (χ2n) is 6.37. The number of benzene rings is 2. The van der Waals surface area contributed by atoms with Crippen molar-refractivity contribution in [2.24, 2.45) is 0 Å². The van der Waals surface area contributed by atoms with Crippen LogP contribution in [0.5, 0.6) is 0 Å². The minimum Gasteiger partial charge on any atom is -0.311 e. The summed E-state index contributed by atoms with van der Waals surface area (Å²) in [6.07, 6.45) is 1.76. The number of hydrogen-bond donors (Lipinski definition) is 1. The lowest BCUT2D eigenvalue weighted by Crippen LogP contribution is -2.26. The molecule has 25 heavy (non-hydrogen) atoms. The van der Waals surface area contributed by atoms with Crippen molar-refractivity contribution < 1.29 is 0 Å². The maximum atomic E-state index is 4.94. The Morgan fingerprint density at radius 3 is 2.48 bits per heavy atom. The van der Waals surface area contributed by atoms with Crippen molar-refractivity contribution in [2.45, 2.75) is 26.3 Å². The lowest BCUT2D eigenvalue weighted by molar-refractivity contribution is 0.619. The van der Waals surface area contributed by atoms with Crippen LogP contribution in [0.3, 0.4) is 0 Å². The van der Waals surface area contributed by atoms with Crippen molar-refractivity contribution in [3.05, 3.63) is 82.8 Å². The first-order valence-electron chi connectivity index (χ1n) is 8.50. The van der Waals surface area contributed by atoms with Gasteiger partial charge in [0.25, 0.3) is 0 Å². The van der Waals surface area contributed by atoms with Gasteiger partial charge in [0.1, 0.15) is 5.82 Å². The van der Waals surface area contributed by atoms with Crippen LogP contribution in [0.1, 0.15) is 28.2 Å². The molecule has 0 bridgehead atoms. The quantitative estimate of drug-likeness (QED) is 0.771. The van der Waals surface area contributed by atoms with E-state index in [1.165, 1.54) is 22.3 Å². The van der Waals surface area contributed by atoms with E-state index in [2.05, 4.69) is 60.8 Å². The number of aryl methyl sites for hydroxylation is 1. The Hall–Kier alpha value is -2.23. The van der Waals surface area contributed by atoms with Gasteiger partial charge in [0.05, 0.1) is 11.4 Å². The molecule has 1 aliphatic rings. The molecule has 1 aliphatic heterocycles. The molecule has 2 heterocycles. The molecule has 4 rings (SSSR count). The Balaban J connectivity index is 0.00000182. The molecule has 0 aliphatic carbocycles. The minimum atomic E-state index is 0. The van der Waals surface area contributed by atoms with E-state index >= 15 is 0 Å². The van der Waals surface area contributed by atoms with E-state index in [-0.39, 0.29) is 12.4 Å². The largest absolute Gasteiger partial charge is 0.311 e. The molecule has 0 unspecified atom stereocenters. The van der Waals surface area contributed by atoms with Crippen LogP contribution in [0.25, 0.3) is 11.3 Å². The molecule has 0 fully saturated rings. The Morgan fingerprint density at radius 2 is 1.72 bits per heavy atom. The van der Waals surface area contributed by atoms with Crippen LogP contribution in [0, 0.1) is 6.92 Å². The maximum absolute atomic E-state index is 4.94. The smallest absolute Gasteiger partial charge is 0.133 e. The highest BCUT2D eigenvalue weighted by Crippen LogP contribution is 2.27. The molecule has 2 aromatic carbocycles. The van der Waals surface area contributed by atoms with Gasteiger partial charge in [-0.15, -0.1) is 12.4 Å². The number of nitrogens with zero attached hydrogens (tertiary/aromatic N) is 2. The fraction of sp³-hybridized carbons (Fsp3) is 0.238. The van der Waals surface area contributed by atoms with Crippen LogP contribution in [0.2, 0.25) is 0 Å². The summed E-state index contributed by atoms with van der Waals surface area (Å²) in [5, 5.41) is 3.43. The van der Waals surface area contributed by atoms with Gasteiger partial charge in [-0.2, -0.15) is 0 Å². The number of hydrogen-bond acceptors (Lipinski definition) is 3. The summed E-state index contributed by atoms with van der Waals surface area (Å²) in [4.78, 5) is 9.78.